The minimum absolute atomic E-state index is 0.133. The number of ketones is 1. The molecule has 30 heavy (non-hydrogen) atoms. The lowest BCUT2D eigenvalue weighted by molar-refractivity contribution is -0.113. The molecule has 4 rings (SSSR count). The fraction of sp³-hybridized carbons (Fsp3) is 0.148. The quantitative estimate of drug-likeness (QED) is 0.553. The molecule has 0 N–H and O–H groups in total. The van der Waals surface area contributed by atoms with Crippen molar-refractivity contribution in [3.63, 3.8) is 0 Å². The molecule has 0 radical (unpaired) electrons. The van der Waals surface area contributed by atoms with Crippen LogP contribution < -0.4 is 4.74 Å². The van der Waals surface area contributed by atoms with Gasteiger partial charge in [-0.2, -0.15) is 0 Å². The summed E-state index contributed by atoms with van der Waals surface area (Å²) in [7, 11) is 1.67. The van der Waals surface area contributed by atoms with Crippen LogP contribution in [0.15, 0.2) is 96.1 Å². The molecule has 0 saturated carbocycles. The number of carbonyl (C=O) groups is 1. The zero-order valence-corrected chi connectivity index (χ0v) is 17.1. The number of carbonyl (C=O) groups excluding carboxylic acids is 1. The Labute approximate surface area is 177 Å². The van der Waals surface area contributed by atoms with E-state index in [0.29, 0.717) is 13.1 Å². The van der Waals surface area contributed by atoms with Gasteiger partial charge in [0, 0.05) is 30.8 Å². The Kier molecular flexibility index (Phi) is 6.21. The van der Waals surface area contributed by atoms with Crippen LogP contribution in [0.5, 0.6) is 5.75 Å². The molecule has 0 spiro atoms. The van der Waals surface area contributed by atoms with Crippen molar-refractivity contribution in [1.82, 2.24) is 4.90 Å². The van der Waals surface area contributed by atoms with Crippen LogP contribution in [0, 0.1) is 0 Å². The Hall–Kier alpha value is -3.43. The zero-order chi connectivity index (χ0) is 20.8. The number of benzene rings is 3. The first-order valence-corrected chi connectivity index (χ1v) is 10.1. The molecule has 0 aromatic heterocycles. The van der Waals surface area contributed by atoms with E-state index in [1.807, 2.05) is 84.9 Å². The molecule has 3 heteroatoms. The number of hydrogen-bond donors (Lipinski definition) is 0. The van der Waals surface area contributed by atoms with Gasteiger partial charge < -0.3 is 4.74 Å². The van der Waals surface area contributed by atoms with Crippen molar-refractivity contribution < 1.29 is 9.53 Å². The molecule has 3 aromatic carbocycles. The third-order valence-electron chi connectivity index (χ3n) is 5.22. The minimum atomic E-state index is 0.133. The van der Waals surface area contributed by atoms with E-state index in [1.165, 1.54) is 5.56 Å². The molecule has 0 bridgehead atoms. The van der Waals surface area contributed by atoms with Crippen LogP contribution >= 0.6 is 0 Å². The minimum Gasteiger partial charge on any atom is -0.497 e. The van der Waals surface area contributed by atoms with Gasteiger partial charge in [-0.05, 0) is 41.0 Å². The van der Waals surface area contributed by atoms with Crippen LogP contribution in [0.25, 0.3) is 12.2 Å². The van der Waals surface area contributed by atoms with Crippen molar-refractivity contribution >= 4 is 17.9 Å². The average Bonchev–Trinajstić information content (AvgIpc) is 2.79. The first-order chi connectivity index (χ1) is 14.7. The Bertz CT molecular complexity index is 990. The van der Waals surface area contributed by atoms with Gasteiger partial charge in [0.1, 0.15) is 5.75 Å². The number of ether oxygens (including phenoxy) is 1. The van der Waals surface area contributed by atoms with Crippen molar-refractivity contribution in [1.29, 1.82) is 0 Å². The van der Waals surface area contributed by atoms with Gasteiger partial charge in [-0.3, -0.25) is 9.69 Å². The van der Waals surface area contributed by atoms with Crippen molar-refractivity contribution in [3.8, 4) is 5.75 Å². The van der Waals surface area contributed by atoms with Crippen LogP contribution in [-0.2, 0) is 11.3 Å². The predicted molar refractivity (Wildman–Crippen MR) is 122 cm³/mol. The second kappa shape index (κ2) is 9.38. The van der Waals surface area contributed by atoms with E-state index in [0.717, 1.165) is 34.6 Å². The fourth-order valence-electron chi connectivity index (χ4n) is 3.71. The largest absolute Gasteiger partial charge is 0.497 e. The van der Waals surface area contributed by atoms with Crippen molar-refractivity contribution in [3.05, 3.63) is 113 Å². The number of Topliss-reactive ketones (excluding diaryl/α,β-unsaturated/α-hetero) is 1. The van der Waals surface area contributed by atoms with E-state index in [9.17, 15) is 4.79 Å². The Morgan fingerprint density at radius 3 is 1.73 bits per heavy atom. The third-order valence-corrected chi connectivity index (χ3v) is 5.22. The van der Waals surface area contributed by atoms with Gasteiger partial charge >= 0.3 is 0 Å². The maximum Gasteiger partial charge on any atom is 0.187 e. The van der Waals surface area contributed by atoms with E-state index in [1.54, 1.807) is 7.11 Å². The van der Waals surface area contributed by atoms with Crippen LogP contribution in [0.3, 0.4) is 0 Å². The van der Waals surface area contributed by atoms with Crippen molar-refractivity contribution in [2.75, 3.05) is 20.2 Å². The normalized spacial score (nSPS) is 17.4. The molecule has 1 aliphatic rings. The van der Waals surface area contributed by atoms with Crippen LogP contribution in [-0.4, -0.2) is 30.9 Å². The molecule has 150 valence electrons. The number of likely N-dealkylation sites (tertiary alicyclic amines) is 1. The first-order valence-electron chi connectivity index (χ1n) is 10.1. The average molecular weight is 396 g/mol. The highest BCUT2D eigenvalue weighted by Crippen LogP contribution is 2.24. The van der Waals surface area contributed by atoms with E-state index >= 15 is 0 Å². The predicted octanol–water partition coefficient (Wildman–Crippen LogP) is 5.25. The SMILES string of the molecule is COc1ccc(CN2C/C(=C\c3ccccc3)C(=O)/C(=C/c3ccccc3)C2)cc1. The highest BCUT2D eigenvalue weighted by atomic mass is 16.5. The third kappa shape index (κ3) is 4.94. The molecule has 0 atom stereocenters. The summed E-state index contributed by atoms with van der Waals surface area (Å²) in [6.45, 7) is 2.04. The molecular weight excluding hydrogens is 370 g/mol. The summed E-state index contributed by atoms with van der Waals surface area (Å²) < 4.78 is 5.26. The van der Waals surface area contributed by atoms with Gasteiger partial charge in [0.25, 0.3) is 0 Å². The molecule has 1 fully saturated rings. The lowest BCUT2D eigenvalue weighted by atomic mass is 9.94. The van der Waals surface area contributed by atoms with E-state index in [-0.39, 0.29) is 5.78 Å². The summed E-state index contributed by atoms with van der Waals surface area (Å²) >= 11 is 0. The maximum absolute atomic E-state index is 13.2. The van der Waals surface area contributed by atoms with E-state index in [4.69, 9.17) is 4.74 Å². The highest BCUT2D eigenvalue weighted by Gasteiger charge is 2.26. The van der Waals surface area contributed by atoms with Gasteiger partial charge in [-0.1, -0.05) is 72.8 Å². The highest BCUT2D eigenvalue weighted by molar-refractivity contribution is 6.14. The van der Waals surface area contributed by atoms with Crippen molar-refractivity contribution in [2.45, 2.75) is 6.54 Å². The molecule has 1 saturated heterocycles. The zero-order valence-electron chi connectivity index (χ0n) is 17.1. The lowest BCUT2D eigenvalue weighted by Crippen LogP contribution is -2.37. The Morgan fingerprint density at radius 1 is 0.767 bits per heavy atom. The number of nitrogens with zero attached hydrogens (tertiary/aromatic N) is 1. The number of methoxy groups -OCH3 is 1. The second-order valence-corrected chi connectivity index (χ2v) is 7.48. The van der Waals surface area contributed by atoms with Gasteiger partial charge in [0.2, 0.25) is 0 Å². The van der Waals surface area contributed by atoms with Gasteiger partial charge in [0.05, 0.1) is 7.11 Å². The molecule has 3 aromatic rings. The van der Waals surface area contributed by atoms with Gasteiger partial charge in [-0.15, -0.1) is 0 Å². The molecule has 3 nitrogen and oxygen atoms in total. The molecule has 0 unspecified atom stereocenters. The Balaban J connectivity index is 1.64. The summed E-state index contributed by atoms with van der Waals surface area (Å²) in [4.78, 5) is 15.5. The maximum atomic E-state index is 13.2. The van der Waals surface area contributed by atoms with Gasteiger partial charge in [-0.25, -0.2) is 0 Å². The second-order valence-electron chi connectivity index (χ2n) is 7.48. The molecule has 1 heterocycles. The lowest BCUT2D eigenvalue weighted by Gasteiger charge is -2.30. The molecule has 1 aliphatic heterocycles. The number of rotatable bonds is 5. The summed E-state index contributed by atoms with van der Waals surface area (Å²) in [6.07, 6.45) is 4.03. The van der Waals surface area contributed by atoms with Crippen LogP contribution in [0.4, 0.5) is 0 Å². The van der Waals surface area contributed by atoms with Crippen molar-refractivity contribution in [2.24, 2.45) is 0 Å². The fourth-order valence-corrected chi connectivity index (χ4v) is 3.71. The van der Waals surface area contributed by atoms with Crippen LogP contribution in [0.2, 0.25) is 0 Å². The van der Waals surface area contributed by atoms with E-state index in [2.05, 4.69) is 17.0 Å². The standard InChI is InChI=1S/C27H25NO2/c1-30-26-14-12-23(13-15-26)18-28-19-24(16-21-8-4-2-5-9-21)27(29)25(20-28)17-22-10-6-3-7-11-22/h2-17H,18-20H2,1H3/b24-16+,25-17+. The topological polar surface area (TPSA) is 29.5 Å². The molecule has 0 aliphatic carbocycles. The smallest absolute Gasteiger partial charge is 0.187 e. The Morgan fingerprint density at radius 2 is 1.27 bits per heavy atom. The summed E-state index contributed by atoms with van der Waals surface area (Å²) in [5, 5.41) is 0. The molecule has 0 amide bonds. The van der Waals surface area contributed by atoms with E-state index < -0.39 is 0 Å². The first kappa shape index (κ1) is 19.9. The molecular formula is C27H25NO2. The van der Waals surface area contributed by atoms with Crippen LogP contribution in [0.1, 0.15) is 16.7 Å². The summed E-state index contributed by atoms with van der Waals surface area (Å²) in [6, 6.07) is 28.2. The van der Waals surface area contributed by atoms with Gasteiger partial charge in [0.15, 0.2) is 5.78 Å². The monoisotopic (exact) mass is 395 g/mol. The number of piperidine rings is 1. The summed E-state index contributed by atoms with van der Waals surface area (Å²) in [5.74, 6) is 0.982. The number of hydrogen-bond acceptors (Lipinski definition) is 3. The summed E-state index contributed by atoms with van der Waals surface area (Å²) in [5.41, 5.74) is 4.94.